The highest BCUT2D eigenvalue weighted by molar-refractivity contribution is 8.14. The van der Waals surface area contributed by atoms with Crippen molar-refractivity contribution in [1.82, 2.24) is 4.98 Å². The van der Waals surface area contributed by atoms with Gasteiger partial charge in [-0.1, -0.05) is 60.3 Å². The molecule has 0 atom stereocenters. The Kier molecular flexibility index (Phi) is 8.98. The van der Waals surface area contributed by atoms with Crippen LogP contribution in [0.3, 0.4) is 0 Å². The second-order valence-corrected chi connectivity index (χ2v) is 11.2. The Labute approximate surface area is 274 Å². The number of nitrogens with zero attached hydrogens (tertiary/aromatic N) is 3. The molecule has 11 heteroatoms. The van der Waals surface area contributed by atoms with Crippen molar-refractivity contribution in [2.24, 2.45) is 4.99 Å². The predicted octanol–water partition coefficient (Wildman–Crippen LogP) is 6.73. The molecule has 0 fully saturated rings. The van der Waals surface area contributed by atoms with Gasteiger partial charge in [-0.3, -0.25) is 14.5 Å². The normalized spacial score (nSPS) is 13.5. The summed E-state index contributed by atoms with van der Waals surface area (Å²) in [5.41, 5.74) is 3.94. The van der Waals surface area contributed by atoms with Gasteiger partial charge in [0, 0.05) is 22.2 Å². The zero-order chi connectivity index (χ0) is 32.9. The number of hydrogen-bond acceptors (Lipinski definition) is 8. The average molecular weight is 645 g/mol. The number of methoxy groups -OCH3 is 2. The molecule has 2 amide bonds. The summed E-state index contributed by atoms with van der Waals surface area (Å²) in [6.07, 6.45) is 1.64. The van der Waals surface area contributed by atoms with Crippen LogP contribution >= 0.6 is 11.8 Å². The first-order chi connectivity index (χ1) is 22.8. The third-order valence-electron chi connectivity index (χ3n) is 7.32. The zero-order valence-corrected chi connectivity index (χ0v) is 26.2. The molecule has 2 N–H and O–H groups in total. The van der Waals surface area contributed by atoms with Gasteiger partial charge >= 0.3 is 5.97 Å². The van der Waals surface area contributed by atoms with E-state index in [9.17, 15) is 19.5 Å². The number of carbonyl (C=O) groups is 3. The van der Waals surface area contributed by atoms with E-state index in [1.807, 2.05) is 24.3 Å². The largest absolute Gasteiger partial charge is 0.497 e. The van der Waals surface area contributed by atoms with Crippen LogP contribution in [0.25, 0.3) is 28.2 Å². The summed E-state index contributed by atoms with van der Waals surface area (Å²) < 4.78 is 10.8. The zero-order valence-electron chi connectivity index (χ0n) is 25.3. The van der Waals surface area contributed by atoms with Gasteiger partial charge in [0.25, 0.3) is 5.91 Å². The third kappa shape index (κ3) is 6.70. The highest BCUT2D eigenvalue weighted by Gasteiger charge is 2.32. The molecule has 5 aromatic rings. The third-order valence-corrected chi connectivity index (χ3v) is 8.26. The van der Waals surface area contributed by atoms with Gasteiger partial charge in [-0.2, -0.15) is 0 Å². The SMILES string of the molecule is COc1ccc(OC)c(/C=C2/N=C(SCC(=O)Nc3ccc(-c4cc(C(=O)O)c5ccccc5n4)cc3)N(c3ccccc3)C2=O)c1. The first-order valence-corrected chi connectivity index (χ1v) is 15.4. The Bertz CT molecular complexity index is 2060. The number of benzene rings is 4. The fraction of sp³-hybridized carbons (Fsp3) is 0.0833. The number of para-hydroxylation sites is 2. The molecular formula is C36H28N4O6S. The quantitative estimate of drug-likeness (QED) is 0.169. The summed E-state index contributed by atoms with van der Waals surface area (Å²) in [7, 11) is 3.10. The molecule has 0 radical (unpaired) electrons. The van der Waals surface area contributed by atoms with Crippen LogP contribution in [0.1, 0.15) is 15.9 Å². The van der Waals surface area contributed by atoms with Crippen LogP contribution in [0.15, 0.2) is 114 Å². The molecule has 1 aliphatic heterocycles. The van der Waals surface area contributed by atoms with E-state index in [1.54, 1.807) is 99.2 Å². The Hall–Kier alpha value is -5.94. The molecule has 0 unspecified atom stereocenters. The molecule has 2 heterocycles. The van der Waals surface area contributed by atoms with Gasteiger partial charge in [-0.25, -0.2) is 14.8 Å². The number of aromatic nitrogens is 1. The number of rotatable bonds is 9. The number of fused-ring (bicyclic) bond motifs is 1. The van der Waals surface area contributed by atoms with Crippen molar-refractivity contribution in [2.45, 2.75) is 0 Å². The van der Waals surface area contributed by atoms with Crippen LogP contribution < -0.4 is 19.7 Å². The van der Waals surface area contributed by atoms with E-state index in [-0.39, 0.29) is 28.8 Å². The number of nitrogens with one attached hydrogen (secondary N) is 1. The number of hydrogen-bond donors (Lipinski definition) is 2. The van der Waals surface area contributed by atoms with E-state index < -0.39 is 5.97 Å². The molecule has 0 spiro atoms. The second-order valence-electron chi connectivity index (χ2n) is 10.3. The van der Waals surface area contributed by atoms with Crippen LogP contribution in [0.2, 0.25) is 0 Å². The van der Waals surface area contributed by atoms with Crippen LogP contribution in [-0.2, 0) is 9.59 Å². The molecule has 4 aromatic carbocycles. The number of aromatic carboxylic acids is 1. The van der Waals surface area contributed by atoms with Crippen LogP contribution in [0.4, 0.5) is 11.4 Å². The Morgan fingerprint density at radius 3 is 2.38 bits per heavy atom. The Balaban J connectivity index is 1.19. The van der Waals surface area contributed by atoms with E-state index in [0.29, 0.717) is 55.8 Å². The summed E-state index contributed by atoms with van der Waals surface area (Å²) in [6.45, 7) is 0. The molecule has 0 bridgehead atoms. The lowest BCUT2D eigenvalue weighted by molar-refractivity contribution is -0.114. The molecule has 1 aliphatic rings. The molecule has 47 heavy (non-hydrogen) atoms. The molecule has 10 nitrogen and oxygen atoms in total. The van der Waals surface area contributed by atoms with Gasteiger partial charge in [-0.15, -0.1) is 0 Å². The second kappa shape index (κ2) is 13.6. The molecule has 0 saturated heterocycles. The van der Waals surface area contributed by atoms with E-state index in [4.69, 9.17) is 9.47 Å². The van der Waals surface area contributed by atoms with E-state index in [1.165, 1.54) is 4.90 Å². The van der Waals surface area contributed by atoms with Crippen molar-refractivity contribution in [3.8, 4) is 22.8 Å². The van der Waals surface area contributed by atoms with Crippen LogP contribution in [-0.4, -0.2) is 53.0 Å². The number of carboxylic acids is 1. The lowest BCUT2D eigenvalue weighted by Crippen LogP contribution is -2.31. The molecular weight excluding hydrogens is 616 g/mol. The highest BCUT2D eigenvalue weighted by atomic mass is 32.2. The number of carboxylic acid groups (broad SMARTS) is 1. The Morgan fingerprint density at radius 1 is 0.915 bits per heavy atom. The maximum Gasteiger partial charge on any atom is 0.336 e. The highest BCUT2D eigenvalue weighted by Crippen LogP contribution is 2.32. The number of carbonyl (C=O) groups excluding carboxylic acids is 2. The molecule has 0 aliphatic carbocycles. The molecule has 0 saturated carbocycles. The summed E-state index contributed by atoms with van der Waals surface area (Å²) in [6, 6.07) is 30.0. The van der Waals surface area contributed by atoms with Crippen molar-refractivity contribution in [3.63, 3.8) is 0 Å². The minimum absolute atomic E-state index is 0.0127. The maximum absolute atomic E-state index is 13.6. The van der Waals surface area contributed by atoms with E-state index >= 15 is 0 Å². The number of pyridine rings is 1. The van der Waals surface area contributed by atoms with Gasteiger partial charge in [0.1, 0.15) is 17.2 Å². The molecule has 1 aromatic heterocycles. The van der Waals surface area contributed by atoms with Crippen molar-refractivity contribution in [2.75, 3.05) is 30.2 Å². The summed E-state index contributed by atoms with van der Waals surface area (Å²) in [5, 5.41) is 13.5. The van der Waals surface area contributed by atoms with E-state index in [0.717, 1.165) is 11.8 Å². The van der Waals surface area contributed by atoms with Crippen molar-refractivity contribution < 1.29 is 29.0 Å². The fourth-order valence-corrected chi connectivity index (χ4v) is 5.86. The van der Waals surface area contributed by atoms with Crippen LogP contribution in [0, 0.1) is 0 Å². The first kappa shape index (κ1) is 31.1. The van der Waals surface area contributed by atoms with Gasteiger partial charge in [0.05, 0.1) is 42.4 Å². The molecule has 6 rings (SSSR count). The van der Waals surface area contributed by atoms with Crippen LogP contribution in [0.5, 0.6) is 11.5 Å². The minimum Gasteiger partial charge on any atom is -0.497 e. The summed E-state index contributed by atoms with van der Waals surface area (Å²) in [5.74, 6) is -0.528. The monoisotopic (exact) mass is 644 g/mol. The standard InChI is InChI=1S/C36H28N4O6S/c1-45-26-16-17-32(46-2)23(18-26)19-31-34(42)40(25-8-4-3-5-9-25)36(39-31)47-21-33(41)37-24-14-12-22(13-15-24)30-20-28(35(43)44)27-10-6-7-11-29(27)38-30/h3-20H,21H2,1-2H3,(H,37,41)(H,43,44)/b31-19+. The predicted molar refractivity (Wildman–Crippen MR) is 184 cm³/mol. The average Bonchev–Trinajstić information content (AvgIpc) is 3.41. The van der Waals surface area contributed by atoms with Crippen molar-refractivity contribution in [1.29, 1.82) is 0 Å². The van der Waals surface area contributed by atoms with Gasteiger partial charge < -0.3 is 19.9 Å². The first-order valence-electron chi connectivity index (χ1n) is 14.4. The minimum atomic E-state index is -1.03. The number of thioether (sulfide) groups is 1. The number of anilines is 2. The number of aliphatic imine (C=N–C) groups is 1. The summed E-state index contributed by atoms with van der Waals surface area (Å²) >= 11 is 1.14. The smallest absolute Gasteiger partial charge is 0.336 e. The molecule has 234 valence electrons. The number of amides is 2. The topological polar surface area (TPSA) is 130 Å². The van der Waals surface area contributed by atoms with Gasteiger partial charge in [0.2, 0.25) is 5.91 Å². The lowest BCUT2D eigenvalue weighted by atomic mass is 10.0. The van der Waals surface area contributed by atoms with Gasteiger partial charge in [0.15, 0.2) is 5.17 Å². The number of ether oxygens (including phenoxy) is 2. The number of amidine groups is 1. The van der Waals surface area contributed by atoms with Crippen molar-refractivity contribution >= 4 is 63.1 Å². The van der Waals surface area contributed by atoms with Crippen molar-refractivity contribution in [3.05, 3.63) is 120 Å². The van der Waals surface area contributed by atoms with Gasteiger partial charge in [-0.05, 0) is 60.7 Å². The Morgan fingerprint density at radius 2 is 1.66 bits per heavy atom. The lowest BCUT2D eigenvalue weighted by Gasteiger charge is -2.17. The fourth-order valence-electron chi connectivity index (χ4n) is 5.05. The van der Waals surface area contributed by atoms with E-state index in [2.05, 4.69) is 15.3 Å². The maximum atomic E-state index is 13.6. The summed E-state index contributed by atoms with van der Waals surface area (Å²) in [4.78, 5) is 49.2.